The minimum absolute atomic E-state index is 0.00585. The highest BCUT2D eigenvalue weighted by atomic mass is 79.9. The molecule has 0 bridgehead atoms. The summed E-state index contributed by atoms with van der Waals surface area (Å²) in [5.41, 5.74) is 3.80. The maximum absolute atomic E-state index is 12.2. The van der Waals surface area contributed by atoms with Gasteiger partial charge in [0.15, 0.2) is 0 Å². The Labute approximate surface area is 162 Å². The number of benzene rings is 2. The van der Waals surface area contributed by atoms with E-state index in [0.717, 1.165) is 11.3 Å². The summed E-state index contributed by atoms with van der Waals surface area (Å²) in [7, 11) is 0. The van der Waals surface area contributed by atoms with Crippen LogP contribution in [0, 0.1) is 0 Å². The summed E-state index contributed by atoms with van der Waals surface area (Å²) < 4.78 is 12.3. The molecule has 6 heteroatoms. The Hall–Kier alpha value is -2.34. The van der Waals surface area contributed by atoms with E-state index in [2.05, 4.69) is 26.5 Å². The normalized spacial score (nSPS) is 11.2. The number of hydrogen-bond donors (Lipinski definition) is 1. The second kappa shape index (κ2) is 9.38. The first-order valence-electron chi connectivity index (χ1n) is 8.42. The highest BCUT2D eigenvalue weighted by Crippen LogP contribution is 2.25. The van der Waals surface area contributed by atoms with Gasteiger partial charge in [0, 0.05) is 16.1 Å². The molecule has 0 saturated heterocycles. The van der Waals surface area contributed by atoms with Crippen molar-refractivity contribution in [3.63, 3.8) is 0 Å². The van der Waals surface area contributed by atoms with E-state index < -0.39 is 0 Å². The van der Waals surface area contributed by atoms with E-state index in [-0.39, 0.29) is 18.1 Å². The zero-order valence-electron chi connectivity index (χ0n) is 15.3. The first-order valence-corrected chi connectivity index (χ1v) is 9.21. The zero-order valence-corrected chi connectivity index (χ0v) is 16.9. The van der Waals surface area contributed by atoms with E-state index in [9.17, 15) is 4.79 Å². The second-order valence-corrected chi connectivity index (χ2v) is 7.07. The molecule has 0 atom stereocenters. The highest BCUT2D eigenvalue weighted by Gasteiger charge is 2.10. The van der Waals surface area contributed by atoms with Crippen molar-refractivity contribution >= 4 is 28.1 Å². The van der Waals surface area contributed by atoms with Crippen LogP contribution in [-0.2, 0) is 0 Å². The predicted molar refractivity (Wildman–Crippen MR) is 107 cm³/mol. The maximum Gasteiger partial charge on any atom is 0.272 e. The molecule has 0 aliphatic heterocycles. The van der Waals surface area contributed by atoms with Gasteiger partial charge in [-0.05, 0) is 67.9 Å². The molecule has 1 amide bonds. The van der Waals surface area contributed by atoms with E-state index in [0.29, 0.717) is 15.8 Å². The average Bonchev–Trinajstić information content (AvgIpc) is 2.56. The van der Waals surface area contributed by atoms with Gasteiger partial charge in [0.2, 0.25) is 0 Å². The van der Waals surface area contributed by atoms with Crippen LogP contribution in [-0.4, -0.2) is 24.3 Å². The zero-order chi connectivity index (χ0) is 19.1. The maximum atomic E-state index is 12.2. The summed E-state index contributed by atoms with van der Waals surface area (Å²) in [6.45, 7) is 7.84. The number of carbonyl (C=O) groups excluding carboxylic acids is 1. The van der Waals surface area contributed by atoms with Gasteiger partial charge in [-0.1, -0.05) is 12.1 Å². The minimum Gasteiger partial charge on any atom is -0.491 e. The molecular formula is C20H23BrN2O3. The molecule has 2 aromatic carbocycles. The molecule has 0 heterocycles. The lowest BCUT2D eigenvalue weighted by molar-refractivity contribution is 0.0954. The van der Waals surface area contributed by atoms with Gasteiger partial charge in [0.05, 0.1) is 24.0 Å². The van der Waals surface area contributed by atoms with Gasteiger partial charge < -0.3 is 9.47 Å². The van der Waals surface area contributed by atoms with Crippen LogP contribution in [0.15, 0.2) is 52.0 Å². The number of nitrogens with one attached hydrogen (secondary N) is 1. The standard InChI is InChI=1S/C20H23BrN2O3/c1-13(2)25-16-10-9-15(19(11-16)26-14(3)4)12-22-23-20(24)17-7-5-6-8-18(17)21/h5-14H,1-4H3,(H,23,24)/b22-12-. The van der Waals surface area contributed by atoms with Crippen LogP contribution in [0.3, 0.4) is 0 Å². The molecule has 26 heavy (non-hydrogen) atoms. The average molecular weight is 419 g/mol. The van der Waals surface area contributed by atoms with E-state index in [1.807, 2.05) is 52.0 Å². The Bertz CT molecular complexity index is 788. The van der Waals surface area contributed by atoms with Crippen molar-refractivity contribution in [2.75, 3.05) is 0 Å². The van der Waals surface area contributed by atoms with Crippen molar-refractivity contribution in [1.29, 1.82) is 0 Å². The molecule has 0 unspecified atom stereocenters. The Morgan fingerprint density at radius 3 is 2.42 bits per heavy atom. The number of rotatable bonds is 7. The van der Waals surface area contributed by atoms with Crippen LogP contribution in [0.25, 0.3) is 0 Å². The van der Waals surface area contributed by atoms with Crippen LogP contribution in [0.4, 0.5) is 0 Å². The van der Waals surface area contributed by atoms with Gasteiger partial charge in [0.1, 0.15) is 11.5 Å². The number of amides is 1. The number of ether oxygens (including phenoxy) is 2. The second-order valence-electron chi connectivity index (χ2n) is 6.21. The predicted octanol–water partition coefficient (Wildman–Crippen LogP) is 4.79. The van der Waals surface area contributed by atoms with Gasteiger partial charge in [-0.25, -0.2) is 5.43 Å². The molecule has 138 valence electrons. The third-order valence-electron chi connectivity index (χ3n) is 3.21. The van der Waals surface area contributed by atoms with E-state index >= 15 is 0 Å². The summed E-state index contributed by atoms with van der Waals surface area (Å²) in [6.07, 6.45) is 1.64. The summed E-state index contributed by atoms with van der Waals surface area (Å²) in [6, 6.07) is 12.7. The van der Waals surface area contributed by atoms with Crippen LogP contribution >= 0.6 is 15.9 Å². The number of carbonyl (C=O) groups is 1. The molecular weight excluding hydrogens is 396 g/mol. The third kappa shape index (κ3) is 5.88. The SMILES string of the molecule is CC(C)Oc1ccc(/C=N\NC(=O)c2ccccc2Br)c(OC(C)C)c1. The Morgan fingerprint density at radius 2 is 1.77 bits per heavy atom. The Morgan fingerprint density at radius 1 is 1.08 bits per heavy atom. The van der Waals surface area contributed by atoms with E-state index in [1.165, 1.54) is 0 Å². The number of nitrogens with zero attached hydrogens (tertiary/aromatic N) is 1. The van der Waals surface area contributed by atoms with Crippen LogP contribution < -0.4 is 14.9 Å². The van der Waals surface area contributed by atoms with Crippen molar-refractivity contribution in [2.24, 2.45) is 5.10 Å². The molecule has 0 aliphatic rings. The monoisotopic (exact) mass is 418 g/mol. The van der Waals surface area contributed by atoms with Crippen molar-refractivity contribution < 1.29 is 14.3 Å². The summed E-state index contributed by atoms with van der Waals surface area (Å²) in [4.78, 5) is 12.2. The molecule has 2 rings (SSSR count). The number of hydrazone groups is 1. The smallest absolute Gasteiger partial charge is 0.272 e. The highest BCUT2D eigenvalue weighted by molar-refractivity contribution is 9.10. The quantitative estimate of drug-likeness (QED) is 0.519. The van der Waals surface area contributed by atoms with E-state index in [1.54, 1.807) is 24.4 Å². The fourth-order valence-electron chi connectivity index (χ4n) is 2.19. The summed E-state index contributed by atoms with van der Waals surface area (Å²) in [5.74, 6) is 1.09. The number of hydrogen-bond acceptors (Lipinski definition) is 4. The summed E-state index contributed by atoms with van der Waals surface area (Å²) >= 11 is 3.35. The molecule has 0 radical (unpaired) electrons. The van der Waals surface area contributed by atoms with Crippen molar-refractivity contribution in [1.82, 2.24) is 5.43 Å². The first-order chi connectivity index (χ1) is 12.4. The molecule has 1 N–H and O–H groups in total. The van der Waals surface area contributed by atoms with Gasteiger partial charge in [-0.2, -0.15) is 5.10 Å². The van der Waals surface area contributed by atoms with Crippen molar-refractivity contribution in [3.05, 3.63) is 58.1 Å². The molecule has 2 aromatic rings. The third-order valence-corrected chi connectivity index (χ3v) is 3.90. The molecule has 0 aromatic heterocycles. The fraction of sp³-hybridized carbons (Fsp3) is 0.300. The van der Waals surface area contributed by atoms with Gasteiger partial charge in [-0.3, -0.25) is 4.79 Å². The topological polar surface area (TPSA) is 59.9 Å². The first kappa shape index (κ1) is 20.0. The van der Waals surface area contributed by atoms with Crippen molar-refractivity contribution in [3.8, 4) is 11.5 Å². The van der Waals surface area contributed by atoms with Crippen LogP contribution in [0.5, 0.6) is 11.5 Å². The molecule has 0 aliphatic carbocycles. The van der Waals surface area contributed by atoms with Gasteiger partial charge in [0.25, 0.3) is 5.91 Å². The Kier molecular flexibility index (Phi) is 7.21. The largest absolute Gasteiger partial charge is 0.491 e. The lowest BCUT2D eigenvalue weighted by atomic mass is 10.2. The molecule has 0 saturated carbocycles. The van der Waals surface area contributed by atoms with Gasteiger partial charge >= 0.3 is 0 Å². The molecule has 0 fully saturated rings. The fourth-order valence-corrected chi connectivity index (χ4v) is 2.65. The van der Waals surface area contributed by atoms with Crippen LogP contribution in [0.1, 0.15) is 43.6 Å². The lowest BCUT2D eigenvalue weighted by Gasteiger charge is -2.15. The van der Waals surface area contributed by atoms with E-state index in [4.69, 9.17) is 9.47 Å². The van der Waals surface area contributed by atoms with Gasteiger partial charge in [-0.15, -0.1) is 0 Å². The molecule has 5 nitrogen and oxygen atoms in total. The minimum atomic E-state index is -0.292. The summed E-state index contributed by atoms with van der Waals surface area (Å²) in [5, 5.41) is 4.05. The lowest BCUT2D eigenvalue weighted by Crippen LogP contribution is -2.18. The Balaban J connectivity index is 2.15. The van der Waals surface area contributed by atoms with Crippen molar-refractivity contribution in [2.45, 2.75) is 39.9 Å². The number of halogens is 1. The van der Waals surface area contributed by atoms with Crippen LogP contribution in [0.2, 0.25) is 0 Å². The molecule has 0 spiro atoms.